The molecule has 0 bridgehead atoms. The normalized spacial score (nSPS) is 10.2. The van der Waals surface area contributed by atoms with Gasteiger partial charge in [-0.25, -0.2) is 4.39 Å². The van der Waals surface area contributed by atoms with Crippen LogP contribution < -0.4 is 5.32 Å². The van der Waals surface area contributed by atoms with Gasteiger partial charge >= 0.3 is 0 Å². The molecule has 0 aliphatic rings. The zero-order valence-corrected chi connectivity index (χ0v) is 12.0. The zero-order valence-electron chi connectivity index (χ0n) is 11.2. The Kier molecular flexibility index (Phi) is 5.16. The van der Waals surface area contributed by atoms with E-state index in [-0.39, 0.29) is 5.82 Å². The van der Waals surface area contributed by atoms with E-state index in [0.29, 0.717) is 16.9 Å². The first-order valence-corrected chi connectivity index (χ1v) is 7.26. The van der Waals surface area contributed by atoms with Crippen LogP contribution in [0.2, 0.25) is 0 Å². The topological polar surface area (TPSA) is 35.8 Å². The van der Waals surface area contributed by atoms with Gasteiger partial charge in [-0.1, -0.05) is 12.1 Å². The van der Waals surface area contributed by atoms with Gasteiger partial charge in [0.1, 0.15) is 5.82 Å². The highest BCUT2D eigenvalue weighted by atomic mass is 32.2. The maximum absolute atomic E-state index is 13.7. The van der Waals surface area contributed by atoms with Gasteiger partial charge < -0.3 is 5.32 Å². The van der Waals surface area contributed by atoms with Crippen molar-refractivity contribution in [1.82, 2.24) is 5.32 Å². The van der Waals surface area contributed by atoms with Crippen LogP contribution in [0.1, 0.15) is 16.7 Å². The summed E-state index contributed by atoms with van der Waals surface area (Å²) < 4.78 is 13.7. The predicted molar refractivity (Wildman–Crippen MR) is 79.9 cm³/mol. The van der Waals surface area contributed by atoms with E-state index >= 15 is 0 Å². The van der Waals surface area contributed by atoms with E-state index in [1.54, 1.807) is 17.8 Å². The molecule has 0 unspecified atom stereocenters. The summed E-state index contributed by atoms with van der Waals surface area (Å²) in [5.41, 5.74) is 2.25. The molecule has 0 aliphatic carbocycles. The monoisotopic (exact) mass is 286 g/mol. The lowest BCUT2D eigenvalue weighted by atomic mass is 10.1. The zero-order chi connectivity index (χ0) is 14.4. The Hall–Kier alpha value is -1.83. The smallest absolute Gasteiger partial charge is 0.127 e. The molecular formula is C16H15FN2S. The van der Waals surface area contributed by atoms with Crippen molar-refractivity contribution < 1.29 is 4.39 Å². The van der Waals surface area contributed by atoms with Crippen molar-refractivity contribution >= 4 is 11.8 Å². The van der Waals surface area contributed by atoms with Gasteiger partial charge in [0, 0.05) is 17.2 Å². The van der Waals surface area contributed by atoms with Crippen molar-refractivity contribution in [3.63, 3.8) is 0 Å². The van der Waals surface area contributed by atoms with Gasteiger partial charge in [-0.2, -0.15) is 5.26 Å². The molecule has 1 N–H and O–H groups in total. The molecule has 0 heterocycles. The number of thioether (sulfide) groups is 1. The standard InChI is InChI=1S/C16H15FN2S/c1-19-10-13-3-2-4-15(8-13)20-11-14-7-12(9-18)5-6-16(14)17/h2-8,19H,10-11H2,1H3. The number of hydrogen-bond donors (Lipinski definition) is 1. The Morgan fingerprint density at radius 1 is 1.25 bits per heavy atom. The SMILES string of the molecule is CNCc1cccc(SCc2cc(C#N)ccc2F)c1. The number of hydrogen-bond acceptors (Lipinski definition) is 3. The Bertz CT molecular complexity index is 635. The summed E-state index contributed by atoms with van der Waals surface area (Å²) in [5, 5.41) is 12.0. The molecule has 2 aromatic rings. The molecule has 2 aromatic carbocycles. The minimum atomic E-state index is -0.261. The summed E-state index contributed by atoms with van der Waals surface area (Å²) in [5.74, 6) is 0.257. The number of nitriles is 1. The van der Waals surface area contributed by atoms with Crippen LogP contribution in [0.3, 0.4) is 0 Å². The maximum atomic E-state index is 13.7. The molecule has 0 spiro atoms. The molecule has 0 aliphatic heterocycles. The lowest BCUT2D eigenvalue weighted by Crippen LogP contribution is -2.04. The second-order valence-electron chi connectivity index (χ2n) is 4.38. The van der Waals surface area contributed by atoms with Crippen molar-refractivity contribution in [2.45, 2.75) is 17.2 Å². The minimum Gasteiger partial charge on any atom is -0.316 e. The lowest BCUT2D eigenvalue weighted by molar-refractivity contribution is 0.617. The molecule has 0 saturated heterocycles. The summed E-state index contributed by atoms with van der Waals surface area (Å²) in [6.45, 7) is 0.812. The van der Waals surface area contributed by atoms with Gasteiger partial charge in [-0.3, -0.25) is 0 Å². The number of rotatable bonds is 5. The molecule has 2 rings (SSSR count). The number of benzene rings is 2. The molecule has 0 atom stereocenters. The highest BCUT2D eigenvalue weighted by Crippen LogP contribution is 2.25. The fourth-order valence-electron chi connectivity index (χ4n) is 1.87. The summed E-state index contributed by atoms with van der Waals surface area (Å²) in [6.07, 6.45) is 0. The molecule has 0 saturated carbocycles. The molecule has 0 aromatic heterocycles. The average molecular weight is 286 g/mol. The fraction of sp³-hybridized carbons (Fsp3) is 0.188. The van der Waals surface area contributed by atoms with Gasteiger partial charge in [0.25, 0.3) is 0 Å². The molecule has 0 fully saturated rings. The molecular weight excluding hydrogens is 271 g/mol. The number of nitrogens with one attached hydrogen (secondary N) is 1. The van der Waals surface area contributed by atoms with Crippen LogP contribution in [0, 0.1) is 17.1 Å². The van der Waals surface area contributed by atoms with E-state index in [2.05, 4.69) is 17.4 Å². The van der Waals surface area contributed by atoms with Crippen LogP contribution >= 0.6 is 11.8 Å². The van der Waals surface area contributed by atoms with Crippen molar-refractivity contribution in [3.8, 4) is 6.07 Å². The van der Waals surface area contributed by atoms with Crippen molar-refractivity contribution in [1.29, 1.82) is 5.26 Å². The largest absolute Gasteiger partial charge is 0.316 e. The van der Waals surface area contributed by atoms with Crippen molar-refractivity contribution in [3.05, 3.63) is 65.0 Å². The number of halogens is 1. The van der Waals surface area contributed by atoms with Gasteiger partial charge in [0.05, 0.1) is 11.6 Å². The Morgan fingerprint density at radius 2 is 2.10 bits per heavy atom. The van der Waals surface area contributed by atoms with E-state index < -0.39 is 0 Å². The van der Waals surface area contributed by atoms with Crippen LogP contribution in [0.15, 0.2) is 47.4 Å². The third-order valence-corrected chi connectivity index (χ3v) is 3.89. The Morgan fingerprint density at radius 3 is 2.85 bits per heavy atom. The third kappa shape index (κ3) is 3.83. The van der Waals surface area contributed by atoms with E-state index in [4.69, 9.17) is 5.26 Å². The number of nitrogens with zero attached hydrogens (tertiary/aromatic N) is 1. The summed E-state index contributed by atoms with van der Waals surface area (Å²) >= 11 is 1.57. The second kappa shape index (κ2) is 7.09. The van der Waals surface area contributed by atoms with E-state index in [1.165, 1.54) is 17.7 Å². The summed E-state index contributed by atoms with van der Waals surface area (Å²) in [6, 6.07) is 14.6. The fourth-order valence-corrected chi connectivity index (χ4v) is 2.82. The third-order valence-electron chi connectivity index (χ3n) is 2.85. The molecule has 0 radical (unpaired) electrons. The first-order valence-electron chi connectivity index (χ1n) is 6.28. The van der Waals surface area contributed by atoms with E-state index in [0.717, 1.165) is 11.4 Å². The lowest BCUT2D eigenvalue weighted by Gasteiger charge is -2.06. The maximum Gasteiger partial charge on any atom is 0.127 e. The Labute approximate surface area is 122 Å². The van der Waals surface area contributed by atoms with Crippen LogP contribution in [-0.4, -0.2) is 7.05 Å². The quantitative estimate of drug-likeness (QED) is 0.851. The first kappa shape index (κ1) is 14.6. The van der Waals surface area contributed by atoms with Gasteiger partial charge in [0.15, 0.2) is 0 Å². The van der Waals surface area contributed by atoms with Crippen LogP contribution in [0.4, 0.5) is 4.39 Å². The average Bonchev–Trinajstić information content (AvgIpc) is 2.47. The molecule has 2 nitrogen and oxygen atoms in total. The first-order chi connectivity index (χ1) is 9.72. The minimum absolute atomic E-state index is 0.261. The predicted octanol–water partition coefficient (Wildman–Crippen LogP) is 3.71. The molecule has 20 heavy (non-hydrogen) atoms. The van der Waals surface area contributed by atoms with Crippen molar-refractivity contribution in [2.24, 2.45) is 0 Å². The van der Waals surface area contributed by atoms with Gasteiger partial charge in [0.2, 0.25) is 0 Å². The van der Waals surface area contributed by atoms with E-state index in [1.807, 2.05) is 25.2 Å². The van der Waals surface area contributed by atoms with Crippen LogP contribution in [-0.2, 0) is 12.3 Å². The van der Waals surface area contributed by atoms with Crippen LogP contribution in [0.25, 0.3) is 0 Å². The van der Waals surface area contributed by atoms with Crippen LogP contribution in [0.5, 0.6) is 0 Å². The van der Waals surface area contributed by atoms with E-state index in [9.17, 15) is 4.39 Å². The van der Waals surface area contributed by atoms with Gasteiger partial charge in [-0.15, -0.1) is 11.8 Å². The van der Waals surface area contributed by atoms with Crippen molar-refractivity contribution in [2.75, 3.05) is 7.05 Å². The Balaban J connectivity index is 2.09. The second-order valence-corrected chi connectivity index (χ2v) is 5.43. The molecule has 102 valence electrons. The molecule has 4 heteroatoms. The molecule has 0 amide bonds. The highest BCUT2D eigenvalue weighted by Gasteiger charge is 2.05. The highest BCUT2D eigenvalue weighted by molar-refractivity contribution is 7.98. The van der Waals surface area contributed by atoms with Gasteiger partial charge in [-0.05, 0) is 48.5 Å². The summed E-state index contributed by atoms with van der Waals surface area (Å²) in [4.78, 5) is 1.10. The summed E-state index contributed by atoms with van der Waals surface area (Å²) in [7, 11) is 1.91.